The average molecular weight is 308 g/mol. The zero-order chi connectivity index (χ0) is 16.6. The normalized spacial score (nSPS) is 17.2. The lowest BCUT2D eigenvalue weighted by molar-refractivity contribution is -0.121. The molecule has 1 saturated carbocycles. The first kappa shape index (κ1) is 18.3. The van der Waals surface area contributed by atoms with E-state index in [1.165, 1.54) is 6.42 Å². The van der Waals surface area contributed by atoms with Crippen LogP contribution in [0, 0.1) is 17.2 Å². The lowest BCUT2D eigenvalue weighted by Crippen LogP contribution is -2.52. The van der Waals surface area contributed by atoms with E-state index in [4.69, 9.17) is 5.26 Å². The van der Waals surface area contributed by atoms with Crippen molar-refractivity contribution < 1.29 is 9.59 Å². The third kappa shape index (κ3) is 7.30. The molecule has 0 aromatic heterocycles. The average Bonchev–Trinajstić information content (AvgIpc) is 2.43. The van der Waals surface area contributed by atoms with Crippen LogP contribution < -0.4 is 16.0 Å². The van der Waals surface area contributed by atoms with Gasteiger partial charge in [0.15, 0.2) is 0 Å². The summed E-state index contributed by atoms with van der Waals surface area (Å²) in [7, 11) is 0. The number of nitrogens with one attached hydrogen (secondary N) is 3. The number of carbonyl (C=O) groups excluding carboxylic acids is 2. The number of rotatable bonds is 5. The lowest BCUT2D eigenvalue weighted by Gasteiger charge is -2.32. The van der Waals surface area contributed by atoms with Gasteiger partial charge in [0.05, 0.1) is 6.07 Å². The molecular formula is C16H28N4O2. The van der Waals surface area contributed by atoms with Crippen molar-refractivity contribution in [1.82, 2.24) is 16.0 Å². The topological polar surface area (TPSA) is 94.0 Å². The Morgan fingerprint density at radius 3 is 2.41 bits per heavy atom. The molecule has 22 heavy (non-hydrogen) atoms. The van der Waals surface area contributed by atoms with Crippen LogP contribution in [0.2, 0.25) is 0 Å². The maximum Gasteiger partial charge on any atom is 0.315 e. The molecule has 0 aliphatic heterocycles. The number of amides is 3. The maximum atomic E-state index is 12.1. The van der Waals surface area contributed by atoms with E-state index in [-0.39, 0.29) is 36.5 Å². The molecule has 3 amide bonds. The molecule has 1 rings (SSSR count). The van der Waals surface area contributed by atoms with Crippen LogP contribution in [0.4, 0.5) is 4.79 Å². The van der Waals surface area contributed by atoms with E-state index in [9.17, 15) is 9.59 Å². The Bertz CT molecular complexity index is 417. The Labute approximate surface area is 133 Å². The third-order valence-corrected chi connectivity index (χ3v) is 3.79. The van der Waals surface area contributed by atoms with Gasteiger partial charge in [-0.1, -0.05) is 19.3 Å². The SMILES string of the molecule is CC(C)(C)NC(=O)NC(CC(=O)NCC#N)C1CCCCC1. The molecule has 0 aromatic carbocycles. The minimum absolute atomic E-state index is 0.00437. The highest BCUT2D eigenvalue weighted by atomic mass is 16.2. The van der Waals surface area contributed by atoms with Crippen molar-refractivity contribution in [2.45, 2.75) is 70.9 Å². The minimum Gasteiger partial charge on any atom is -0.343 e. The highest BCUT2D eigenvalue weighted by Gasteiger charge is 2.28. The van der Waals surface area contributed by atoms with Crippen LogP contribution in [0.15, 0.2) is 0 Å². The fraction of sp³-hybridized carbons (Fsp3) is 0.812. The van der Waals surface area contributed by atoms with Crippen LogP contribution in [-0.4, -0.2) is 30.1 Å². The quantitative estimate of drug-likeness (QED) is 0.679. The molecule has 0 bridgehead atoms. The molecule has 0 heterocycles. The summed E-state index contributed by atoms with van der Waals surface area (Å²) in [5.41, 5.74) is -0.315. The fourth-order valence-corrected chi connectivity index (χ4v) is 2.83. The predicted octanol–water partition coefficient (Wildman–Crippen LogP) is 2.06. The molecule has 0 radical (unpaired) electrons. The van der Waals surface area contributed by atoms with Crippen LogP contribution in [0.5, 0.6) is 0 Å². The molecule has 1 fully saturated rings. The van der Waals surface area contributed by atoms with Crippen LogP contribution in [0.25, 0.3) is 0 Å². The Balaban J connectivity index is 2.63. The van der Waals surface area contributed by atoms with E-state index >= 15 is 0 Å². The second-order valence-corrected chi connectivity index (χ2v) is 6.99. The standard InChI is InChI=1S/C16H28N4O2/c1-16(2,3)20-15(22)19-13(11-14(21)18-10-9-17)12-7-5-4-6-8-12/h12-13H,4-8,10-11H2,1-3H3,(H,18,21)(H2,19,20,22). The van der Waals surface area contributed by atoms with Crippen molar-refractivity contribution in [2.24, 2.45) is 5.92 Å². The molecular weight excluding hydrogens is 280 g/mol. The third-order valence-electron chi connectivity index (χ3n) is 3.79. The van der Waals surface area contributed by atoms with Crippen LogP contribution in [0.3, 0.4) is 0 Å². The van der Waals surface area contributed by atoms with Crippen LogP contribution >= 0.6 is 0 Å². The number of hydrogen-bond donors (Lipinski definition) is 3. The van der Waals surface area contributed by atoms with Gasteiger partial charge < -0.3 is 16.0 Å². The van der Waals surface area contributed by atoms with Crippen molar-refractivity contribution in [3.8, 4) is 6.07 Å². The molecule has 124 valence electrons. The van der Waals surface area contributed by atoms with Crippen LogP contribution in [-0.2, 0) is 4.79 Å². The number of nitriles is 1. The molecule has 0 saturated heterocycles. The van der Waals surface area contributed by atoms with E-state index in [2.05, 4.69) is 16.0 Å². The van der Waals surface area contributed by atoms with Crippen molar-refractivity contribution >= 4 is 11.9 Å². The van der Waals surface area contributed by atoms with Crippen molar-refractivity contribution in [3.63, 3.8) is 0 Å². The van der Waals surface area contributed by atoms with Gasteiger partial charge in [0.25, 0.3) is 0 Å². The summed E-state index contributed by atoms with van der Waals surface area (Å²) in [5.74, 6) is 0.139. The molecule has 1 aliphatic rings. The van der Waals surface area contributed by atoms with Gasteiger partial charge in [0.2, 0.25) is 5.91 Å². The first-order valence-corrected chi connectivity index (χ1v) is 8.04. The van der Waals surface area contributed by atoms with Gasteiger partial charge in [0, 0.05) is 18.0 Å². The molecule has 1 atom stereocenters. The first-order valence-electron chi connectivity index (χ1n) is 8.04. The molecule has 0 aromatic rings. The highest BCUT2D eigenvalue weighted by molar-refractivity contribution is 5.79. The van der Waals surface area contributed by atoms with Crippen molar-refractivity contribution in [1.29, 1.82) is 5.26 Å². The van der Waals surface area contributed by atoms with Crippen molar-refractivity contribution in [3.05, 3.63) is 0 Å². The number of urea groups is 1. The molecule has 1 aliphatic carbocycles. The van der Waals surface area contributed by atoms with Gasteiger partial charge >= 0.3 is 6.03 Å². The minimum atomic E-state index is -0.315. The molecule has 6 heteroatoms. The van der Waals surface area contributed by atoms with Gasteiger partial charge in [-0.2, -0.15) is 5.26 Å². The summed E-state index contributed by atoms with van der Waals surface area (Å²) in [6, 6.07) is 1.47. The Morgan fingerprint density at radius 1 is 1.23 bits per heavy atom. The molecule has 0 spiro atoms. The number of nitrogens with zero attached hydrogens (tertiary/aromatic N) is 1. The van der Waals surface area contributed by atoms with Gasteiger partial charge in [0.1, 0.15) is 6.54 Å². The smallest absolute Gasteiger partial charge is 0.315 e. The second kappa shape index (κ2) is 8.62. The monoisotopic (exact) mass is 308 g/mol. The Kier molecular flexibility index (Phi) is 7.16. The maximum absolute atomic E-state index is 12.1. The zero-order valence-electron chi connectivity index (χ0n) is 13.9. The summed E-state index contributed by atoms with van der Waals surface area (Å²) in [4.78, 5) is 24.0. The van der Waals surface area contributed by atoms with Gasteiger partial charge in [-0.05, 0) is 39.5 Å². The summed E-state index contributed by atoms with van der Waals surface area (Å²) < 4.78 is 0. The van der Waals surface area contributed by atoms with Crippen LogP contribution in [0.1, 0.15) is 59.3 Å². The number of hydrogen-bond acceptors (Lipinski definition) is 3. The summed E-state index contributed by atoms with van der Waals surface area (Å²) in [6.07, 6.45) is 5.80. The number of carbonyl (C=O) groups is 2. The first-order chi connectivity index (χ1) is 10.3. The van der Waals surface area contributed by atoms with Crippen molar-refractivity contribution in [2.75, 3.05) is 6.54 Å². The van der Waals surface area contributed by atoms with Gasteiger partial charge in [-0.25, -0.2) is 4.79 Å². The second-order valence-electron chi connectivity index (χ2n) is 6.99. The van der Waals surface area contributed by atoms with Gasteiger partial charge in [-0.15, -0.1) is 0 Å². The summed E-state index contributed by atoms with van der Waals surface area (Å²) in [6.45, 7) is 5.76. The molecule has 1 unspecified atom stereocenters. The Morgan fingerprint density at radius 2 is 1.86 bits per heavy atom. The summed E-state index contributed by atoms with van der Waals surface area (Å²) in [5, 5.41) is 16.9. The van der Waals surface area contributed by atoms with E-state index in [0.29, 0.717) is 5.92 Å². The molecule has 6 nitrogen and oxygen atoms in total. The highest BCUT2D eigenvalue weighted by Crippen LogP contribution is 2.27. The van der Waals surface area contributed by atoms with E-state index < -0.39 is 0 Å². The molecule has 3 N–H and O–H groups in total. The zero-order valence-corrected chi connectivity index (χ0v) is 13.9. The van der Waals surface area contributed by atoms with E-state index in [1.807, 2.05) is 26.8 Å². The largest absolute Gasteiger partial charge is 0.343 e. The Hall–Kier alpha value is -1.77. The van der Waals surface area contributed by atoms with E-state index in [1.54, 1.807) is 0 Å². The van der Waals surface area contributed by atoms with E-state index in [0.717, 1.165) is 25.7 Å². The lowest BCUT2D eigenvalue weighted by atomic mass is 9.82. The summed E-state index contributed by atoms with van der Waals surface area (Å²) >= 11 is 0. The fourth-order valence-electron chi connectivity index (χ4n) is 2.83. The predicted molar refractivity (Wildman–Crippen MR) is 85.0 cm³/mol. The van der Waals surface area contributed by atoms with Gasteiger partial charge in [-0.3, -0.25) is 4.79 Å².